The number of rotatable bonds is 8. The number of pyridine rings is 1. The first-order valence-electron chi connectivity index (χ1n) is 9.14. The van der Waals surface area contributed by atoms with Gasteiger partial charge in [0, 0.05) is 43.8 Å². The zero-order valence-electron chi connectivity index (χ0n) is 15.0. The van der Waals surface area contributed by atoms with Crippen LogP contribution in [0.5, 0.6) is 0 Å². The van der Waals surface area contributed by atoms with Gasteiger partial charge >= 0.3 is 0 Å². The molecule has 1 fully saturated rings. The number of carbonyl (C=O) groups excluding carboxylic acids is 1. The minimum absolute atomic E-state index is 0.126. The number of carbonyl (C=O) groups is 1. The number of amides is 1. The Balaban J connectivity index is 1.27. The molecule has 0 saturated carbocycles. The lowest BCUT2D eigenvalue weighted by Gasteiger charge is -2.34. The van der Waals surface area contributed by atoms with E-state index < -0.39 is 0 Å². The molecule has 1 aromatic carbocycles. The summed E-state index contributed by atoms with van der Waals surface area (Å²) in [5.74, 6) is 2.17. The average molecular weight is 371 g/mol. The fourth-order valence-corrected chi connectivity index (χ4v) is 3.82. The van der Waals surface area contributed by atoms with Crippen LogP contribution in [0.2, 0.25) is 0 Å². The second kappa shape index (κ2) is 10.2. The van der Waals surface area contributed by atoms with Gasteiger partial charge in [-0.3, -0.25) is 9.69 Å². The maximum absolute atomic E-state index is 12.1. The van der Waals surface area contributed by atoms with Crippen LogP contribution in [0, 0.1) is 0 Å². The molecule has 0 spiro atoms. The Morgan fingerprint density at radius 2 is 1.81 bits per heavy atom. The first-order valence-corrected chi connectivity index (χ1v) is 10.1. The van der Waals surface area contributed by atoms with Crippen molar-refractivity contribution in [2.24, 2.45) is 0 Å². The summed E-state index contributed by atoms with van der Waals surface area (Å²) in [7, 11) is 0. The first kappa shape index (κ1) is 18.7. The summed E-state index contributed by atoms with van der Waals surface area (Å²) < 4.78 is 0. The molecule has 2 aromatic rings. The standard InChI is InChI=1S/C20H26N4OS/c25-20(22-11-6-16-26-18-7-2-1-3-8-18)17-23-12-14-24(15-13-23)19-9-4-5-10-21-19/h1-5,7-10H,6,11-17H2,(H,22,25). The Bertz CT molecular complexity index is 660. The summed E-state index contributed by atoms with van der Waals surface area (Å²) in [5, 5.41) is 3.04. The minimum Gasteiger partial charge on any atom is -0.355 e. The highest BCUT2D eigenvalue weighted by Gasteiger charge is 2.19. The molecule has 1 aliphatic rings. The maximum atomic E-state index is 12.1. The molecule has 0 bridgehead atoms. The Labute approximate surface area is 159 Å². The third-order valence-corrected chi connectivity index (χ3v) is 5.47. The van der Waals surface area contributed by atoms with Crippen molar-refractivity contribution in [3.05, 3.63) is 54.7 Å². The highest BCUT2D eigenvalue weighted by atomic mass is 32.2. The summed E-state index contributed by atoms with van der Waals surface area (Å²) in [4.78, 5) is 22.3. The van der Waals surface area contributed by atoms with E-state index in [0.29, 0.717) is 6.54 Å². The van der Waals surface area contributed by atoms with E-state index in [2.05, 4.69) is 44.4 Å². The zero-order chi connectivity index (χ0) is 18.0. The number of benzene rings is 1. The van der Waals surface area contributed by atoms with Gasteiger partial charge in [0.15, 0.2) is 0 Å². The van der Waals surface area contributed by atoms with E-state index >= 15 is 0 Å². The van der Waals surface area contributed by atoms with Gasteiger partial charge in [0.05, 0.1) is 6.54 Å². The van der Waals surface area contributed by atoms with Crippen LogP contribution in [0.15, 0.2) is 59.6 Å². The Hall–Kier alpha value is -2.05. The molecular formula is C20H26N4OS. The predicted octanol–water partition coefficient (Wildman–Crippen LogP) is 2.50. The Morgan fingerprint density at radius 1 is 1.04 bits per heavy atom. The number of nitrogens with zero attached hydrogens (tertiary/aromatic N) is 3. The second-order valence-electron chi connectivity index (χ2n) is 6.32. The van der Waals surface area contributed by atoms with Gasteiger partial charge in [0.1, 0.15) is 5.82 Å². The third kappa shape index (κ3) is 6.04. The lowest BCUT2D eigenvalue weighted by atomic mass is 10.3. The first-order chi connectivity index (χ1) is 12.8. The Morgan fingerprint density at radius 3 is 2.54 bits per heavy atom. The van der Waals surface area contributed by atoms with Crippen LogP contribution in [0.4, 0.5) is 5.82 Å². The molecule has 0 unspecified atom stereocenters. The summed E-state index contributed by atoms with van der Waals surface area (Å²) in [6, 6.07) is 16.4. The van der Waals surface area contributed by atoms with Crippen molar-refractivity contribution >= 4 is 23.5 Å². The third-order valence-electron chi connectivity index (χ3n) is 4.37. The van der Waals surface area contributed by atoms with Crippen LogP contribution in [0.3, 0.4) is 0 Å². The Kier molecular flexibility index (Phi) is 7.34. The van der Waals surface area contributed by atoms with Crippen molar-refractivity contribution < 1.29 is 4.79 Å². The van der Waals surface area contributed by atoms with Gasteiger partial charge < -0.3 is 10.2 Å². The number of hydrogen-bond donors (Lipinski definition) is 1. The van der Waals surface area contributed by atoms with Crippen molar-refractivity contribution in [3.8, 4) is 0 Å². The number of aromatic nitrogens is 1. The molecule has 1 aromatic heterocycles. The van der Waals surface area contributed by atoms with Crippen LogP contribution < -0.4 is 10.2 Å². The number of hydrogen-bond acceptors (Lipinski definition) is 5. The van der Waals surface area contributed by atoms with Crippen molar-refractivity contribution in [1.29, 1.82) is 0 Å². The summed E-state index contributed by atoms with van der Waals surface area (Å²) in [6.45, 7) is 4.85. The maximum Gasteiger partial charge on any atom is 0.234 e. The summed E-state index contributed by atoms with van der Waals surface area (Å²) in [5.41, 5.74) is 0. The number of piperazine rings is 1. The van der Waals surface area contributed by atoms with Gasteiger partial charge in [-0.2, -0.15) is 0 Å². The van der Waals surface area contributed by atoms with Gasteiger partial charge in [-0.25, -0.2) is 4.98 Å². The van der Waals surface area contributed by atoms with E-state index in [1.54, 1.807) is 0 Å². The molecule has 1 N–H and O–H groups in total. The van der Waals surface area contributed by atoms with E-state index in [0.717, 1.165) is 50.7 Å². The molecule has 5 nitrogen and oxygen atoms in total. The lowest BCUT2D eigenvalue weighted by Crippen LogP contribution is -2.49. The topological polar surface area (TPSA) is 48.5 Å². The summed E-state index contributed by atoms with van der Waals surface area (Å²) in [6.07, 6.45) is 2.81. The monoisotopic (exact) mass is 370 g/mol. The number of anilines is 1. The van der Waals surface area contributed by atoms with Crippen LogP contribution >= 0.6 is 11.8 Å². The van der Waals surface area contributed by atoms with Gasteiger partial charge in [0.2, 0.25) is 5.91 Å². The molecule has 0 aliphatic carbocycles. The highest BCUT2D eigenvalue weighted by molar-refractivity contribution is 7.99. The number of nitrogens with one attached hydrogen (secondary N) is 1. The number of thioether (sulfide) groups is 1. The normalized spacial score (nSPS) is 15.0. The molecule has 0 atom stereocenters. The molecule has 2 heterocycles. The summed E-state index contributed by atoms with van der Waals surface area (Å²) >= 11 is 1.83. The van der Waals surface area contributed by atoms with Gasteiger partial charge in [-0.05, 0) is 36.4 Å². The molecule has 138 valence electrons. The van der Waals surface area contributed by atoms with Crippen LogP contribution in [0.1, 0.15) is 6.42 Å². The zero-order valence-corrected chi connectivity index (χ0v) is 15.8. The van der Waals surface area contributed by atoms with E-state index in [-0.39, 0.29) is 5.91 Å². The quantitative estimate of drug-likeness (QED) is 0.571. The van der Waals surface area contributed by atoms with Crippen LogP contribution in [-0.4, -0.2) is 60.8 Å². The molecular weight excluding hydrogens is 344 g/mol. The SMILES string of the molecule is O=C(CN1CCN(c2ccccn2)CC1)NCCCSc1ccccc1. The smallest absolute Gasteiger partial charge is 0.234 e. The molecule has 1 amide bonds. The van der Waals surface area contributed by atoms with Crippen molar-refractivity contribution in [2.75, 3.05) is 49.9 Å². The molecule has 3 rings (SSSR count). The fourth-order valence-electron chi connectivity index (χ4n) is 2.94. The van der Waals surface area contributed by atoms with Gasteiger partial charge in [0.25, 0.3) is 0 Å². The van der Waals surface area contributed by atoms with E-state index in [1.165, 1.54) is 4.90 Å². The molecule has 1 saturated heterocycles. The average Bonchev–Trinajstić information content (AvgIpc) is 2.70. The largest absolute Gasteiger partial charge is 0.355 e. The van der Waals surface area contributed by atoms with Gasteiger partial charge in [-0.15, -0.1) is 11.8 Å². The van der Waals surface area contributed by atoms with Crippen LogP contribution in [0.25, 0.3) is 0 Å². The van der Waals surface area contributed by atoms with E-state index in [4.69, 9.17) is 0 Å². The van der Waals surface area contributed by atoms with Crippen molar-refractivity contribution in [2.45, 2.75) is 11.3 Å². The van der Waals surface area contributed by atoms with Crippen molar-refractivity contribution in [1.82, 2.24) is 15.2 Å². The molecule has 26 heavy (non-hydrogen) atoms. The van der Waals surface area contributed by atoms with E-state index in [1.807, 2.05) is 42.2 Å². The minimum atomic E-state index is 0.126. The highest BCUT2D eigenvalue weighted by Crippen LogP contribution is 2.17. The second-order valence-corrected chi connectivity index (χ2v) is 7.48. The molecule has 0 radical (unpaired) electrons. The van der Waals surface area contributed by atoms with Gasteiger partial charge in [-0.1, -0.05) is 24.3 Å². The molecule has 6 heteroatoms. The van der Waals surface area contributed by atoms with Crippen LogP contribution in [-0.2, 0) is 4.79 Å². The predicted molar refractivity (Wildman–Crippen MR) is 108 cm³/mol. The molecule has 1 aliphatic heterocycles. The fraction of sp³-hybridized carbons (Fsp3) is 0.400. The van der Waals surface area contributed by atoms with E-state index in [9.17, 15) is 4.79 Å². The lowest BCUT2D eigenvalue weighted by molar-refractivity contribution is -0.122. The van der Waals surface area contributed by atoms with Crippen molar-refractivity contribution in [3.63, 3.8) is 0 Å².